The third-order valence-electron chi connectivity index (χ3n) is 4.29. The van der Waals surface area contributed by atoms with Gasteiger partial charge in [0.15, 0.2) is 11.0 Å². The van der Waals surface area contributed by atoms with E-state index < -0.39 is 0 Å². The summed E-state index contributed by atoms with van der Waals surface area (Å²) in [6.45, 7) is 7.39. The maximum Gasteiger partial charge on any atom is 0.155 e. The topological polar surface area (TPSA) is 37.8 Å². The van der Waals surface area contributed by atoms with Gasteiger partial charge in [-0.05, 0) is 43.2 Å². The molecule has 1 aromatic heterocycles. The Balaban J connectivity index is 1.99. The third-order valence-corrected chi connectivity index (χ3v) is 4.64. The molecule has 1 aliphatic carbocycles. The summed E-state index contributed by atoms with van der Waals surface area (Å²) in [5, 5.41) is 12.1. The van der Waals surface area contributed by atoms with Crippen LogP contribution in [-0.4, -0.2) is 16.7 Å². The van der Waals surface area contributed by atoms with Crippen LogP contribution >= 0.6 is 11.6 Å². The van der Waals surface area contributed by atoms with E-state index in [4.69, 9.17) is 11.6 Å². The first kappa shape index (κ1) is 13.6. The zero-order chi connectivity index (χ0) is 13.1. The van der Waals surface area contributed by atoms with Gasteiger partial charge in [-0.25, -0.2) is 0 Å². The Morgan fingerprint density at radius 2 is 1.89 bits per heavy atom. The van der Waals surface area contributed by atoms with E-state index in [1.54, 1.807) is 0 Å². The molecular formula is C14H22ClN3. The minimum Gasteiger partial charge on any atom is -0.368 e. The van der Waals surface area contributed by atoms with Gasteiger partial charge < -0.3 is 5.32 Å². The molecule has 3 nitrogen and oxygen atoms in total. The van der Waals surface area contributed by atoms with Crippen LogP contribution in [0.1, 0.15) is 43.7 Å². The molecule has 0 aliphatic heterocycles. The number of nitrogens with zero attached hydrogens (tertiary/aromatic N) is 2. The summed E-state index contributed by atoms with van der Waals surface area (Å²) in [6, 6.07) is 0. The van der Waals surface area contributed by atoms with Crippen molar-refractivity contribution in [2.45, 2.75) is 46.5 Å². The molecule has 18 heavy (non-hydrogen) atoms. The Morgan fingerprint density at radius 3 is 2.61 bits per heavy atom. The van der Waals surface area contributed by atoms with Crippen molar-refractivity contribution >= 4 is 17.4 Å². The van der Waals surface area contributed by atoms with Crippen LogP contribution in [0.5, 0.6) is 0 Å². The molecule has 1 fully saturated rings. The lowest BCUT2D eigenvalue weighted by atomic mass is 9.80. The van der Waals surface area contributed by atoms with Crippen molar-refractivity contribution in [1.82, 2.24) is 10.2 Å². The number of rotatable bonds is 3. The molecule has 1 aliphatic rings. The predicted molar refractivity (Wildman–Crippen MR) is 76.1 cm³/mol. The van der Waals surface area contributed by atoms with Gasteiger partial charge in [-0.1, -0.05) is 37.8 Å². The number of anilines is 1. The van der Waals surface area contributed by atoms with Gasteiger partial charge in [0.2, 0.25) is 0 Å². The quantitative estimate of drug-likeness (QED) is 0.900. The Kier molecular flexibility index (Phi) is 4.44. The average molecular weight is 268 g/mol. The van der Waals surface area contributed by atoms with Gasteiger partial charge in [0.25, 0.3) is 0 Å². The molecular weight excluding hydrogens is 246 g/mol. The fourth-order valence-electron chi connectivity index (χ4n) is 2.67. The molecule has 100 valence electrons. The van der Waals surface area contributed by atoms with Crippen molar-refractivity contribution in [2.75, 3.05) is 11.9 Å². The highest BCUT2D eigenvalue weighted by molar-refractivity contribution is 6.30. The van der Waals surface area contributed by atoms with E-state index in [0.29, 0.717) is 5.15 Å². The largest absolute Gasteiger partial charge is 0.368 e. The van der Waals surface area contributed by atoms with Gasteiger partial charge >= 0.3 is 0 Å². The van der Waals surface area contributed by atoms with Crippen LogP contribution in [-0.2, 0) is 0 Å². The van der Waals surface area contributed by atoms with Crippen molar-refractivity contribution in [2.24, 2.45) is 11.8 Å². The van der Waals surface area contributed by atoms with Gasteiger partial charge in [0.05, 0.1) is 0 Å². The maximum atomic E-state index is 5.96. The average Bonchev–Trinajstić information content (AvgIpc) is 2.37. The Labute approximate surface area is 114 Å². The summed E-state index contributed by atoms with van der Waals surface area (Å²) in [4.78, 5) is 0. The molecule has 0 radical (unpaired) electrons. The second-order valence-corrected chi connectivity index (χ2v) is 5.85. The SMILES string of the molecule is Cc1c(Cl)nnc(NCC2CCCCC2C)c1C. The fraction of sp³-hybridized carbons (Fsp3) is 0.714. The Bertz CT molecular complexity index is 420. The van der Waals surface area contributed by atoms with Gasteiger partial charge in [0, 0.05) is 6.54 Å². The number of aromatic nitrogens is 2. The highest BCUT2D eigenvalue weighted by Gasteiger charge is 2.21. The predicted octanol–water partition coefficient (Wildman–Crippen LogP) is 3.99. The van der Waals surface area contributed by atoms with E-state index in [2.05, 4.69) is 22.4 Å². The van der Waals surface area contributed by atoms with E-state index in [1.807, 2.05) is 13.8 Å². The van der Waals surface area contributed by atoms with Gasteiger partial charge in [-0.15, -0.1) is 10.2 Å². The lowest BCUT2D eigenvalue weighted by molar-refractivity contribution is 0.268. The van der Waals surface area contributed by atoms with Gasteiger partial charge in [-0.2, -0.15) is 0 Å². The molecule has 4 heteroatoms. The summed E-state index contributed by atoms with van der Waals surface area (Å²) in [7, 11) is 0. The minimum absolute atomic E-state index is 0.504. The molecule has 0 bridgehead atoms. The number of halogens is 1. The zero-order valence-corrected chi connectivity index (χ0v) is 12.2. The highest BCUT2D eigenvalue weighted by atomic mass is 35.5. The van der Waals surface area contributed by atoms with Crippen molar-refractivity contribution < 1.29 is 0 Å². The summed E-state index contributed by atoms with van der Waals surface area (Å²) in [5.74, 6) is 2.46. The molecule has 2 rings (SSSR count). The molecule has 0 spiro atoms. The lowest BCUT2D eigenvalue weighted by Crippen LogP contribution is -2.25. The maximum absolute atomic E-state index is 5.96. The molecule has 1 N–H and O–H groups in total. The molecule has 2 unspecified atom stereocenters. The zero-order valence-electron chi connectivity index (χ0n) is 11.5. The van der Waals surface area contributed by atoms with Gasteiger partial charge in [0.1, 0.15) is 0 Å². The summed E-state index contributed by atoms with van der Waals surface area (Å²) in [5.41, 5.74) is 2.13. The van der Waals surface area contributed by atoms with Crippen LogP contribution in [0, 0.1) is 25.7 Å². The van der Waals surface area contributed by atoms with Crippen molar-refractivity contribution in [1.29, 1.82) is 0 Å². The summed E-state index contributed by atoms with van der Waals surface area (Å²) in [6.07, 6.45) is 5.43. The Morgan fingerprint density at radius 1 is 1.17 bits per heavy atom. The molecule has 1 saturated carbocycles. The standard InChI is InChI=1S/C14H22ClN3/c1-9-6-4-5-7-12(9)8-16-14-11(3)10(2)13(15)17-18-14/h9,12H,4-8H2,1-3H3,(H,16,18). The van der Waals surface area contributed by atoms with Crippen LogP contribution in [0.15, 0.2) is 0 Å². The van der Waals surface area contributed by atoms with Crippen LogP contribution in [0.4, 0.5) is 5.82 Å². The van der Waals surface area contributed by atoms with Crippen molar-refractivity contribution in [3.63, 3.8) is 0 Å². The van der Waals surface area contributed by atoms with E-state index in [-0.39, 0.29) is 0 Å². The monoisotopic (exact) mass is 267 g/mol. The minimum atomic E-state index is 0.504. The molecule has 0 saturated heterocycles. The first-order valence-electron chi connectivity index (χ1n) is 6.83. The van der Waals surface area contributed by atoms with Crippen LogP contribution in [0.25, 0.3) is 0 Å². The molecule has 0 amide bonds. The normalized spacial score (nSPS) is 24.0. The van der Waals surface area contributed by atoms with Crippen LogP contribution in [0.3, 0.4) is 0 Å². The van der Waals surface area contributed by atoms with E-state index in [0.717, 1.165) is 35.3 Å². The molecule has 0 aromatic carbocycles. The van der Waals surface area contributed by atoms with E-state index in [1.165, 1.54) is 25.7 Å². The first-order valence-corrected chi connectivity index (χ1v) is 7.20. The number of hydrogen-bond donors (Lipinski definition) is 1. The molecule has 2 atom stereocenters. The van der Waals surface area contributed by atoms with Crippen LogP contribution in [0.2, 0.25) is 5.15 Å². The number of hydrogen-bond acceptors (Lipinski definition) is 3. The fourth-order valence-corrected chi connectivity index (χ4v) is 2.85. The second-order valence-electron chi connectivity index (χ2n) is 5.49. The highest BCUT2D eigenvalue weighted by Crippen LogP contribution is 2.30. The number of nitrogens with one attached hydrogen (secondary N) is 1. The first-order chi connectivity index (χ1) is 8.59. The van der Waals surface area contributed by atoms with Crippen LogP contribution < -0.4 is 5.32 Å². The molecule has 1 heterocycles. The second kappa shape index (κ2) is 5.87. The molecule has 1 aromatic rings. The Hall–Kier alpha value is -0.830. The summed E-state index contributed by atoms with van der Waals surface area (Å²) < 4.78 is 0. The van der Waals surface area contributed by atoms with Crippen molar-refractivity contribution in [3.05, 3.63) is 16.3 Å². The van der Waals surface area contributed by atoms with Crippen molar-refractivity contribution in [3.8, 4) is 0 Å². The lowest BCUT2D eigenvalue weighted by Gasteiger charge is -2.29. The van der Waals surface area contributed by atoms with Gasteiger partial charge in [-0.3, -0.25) is 0 Å². The summed E-state index contributed by atoms with van der Waals surface area (Å²) >= 11 is 5.96. The smallest absolute Gasteiger partial charge is 0.155 e. The van der Waals surface area contributed by atoms with E-state index in [9.17, 15) is 0 Å². The van der Waals surface area contributed by atoms with E-state index >= 15 is 0 Å². The third kappa shape index (κ3) is 2.94.